The minimum Gasteiger partial charge on any atom is -0.480 e. The van der Waals surface area contributed by atoms with Crippen molar-refractivity contribution in [1.29, 1.82) is 0 Å². The Labute approximate surface area is 232 Å². The molecule has 1 fully saturated rings. The first-order valence-corrected chi connectivity index (χ1v) is 13.5. The molecule has 0 atom stereocenters. The third-order valence-corrected chi connectivity index (χ3v) is 7.28. The summed E-state index contributed by atoms with van der Waals surface area (Å²) in [5, 5.41) is 27.6. The van der Waals surface area contributed by atoms with Gasteiger partial charge in [-0.3, -0.25) is 34.2 Å². The van der Waals surface area contributed by atoms with Crippen molar-refractivity contribution in [3.63, 3.8) is 0 Å². The molecule has 40 heavy (non-hydrogen) atoms. The van der Waals surface area contributed by atoms with Crippen molar-refractivity contribution < 1.29 is 19.8 Å². The van der Waals surface area contributed by atoms with Gasteiger partial charge in [-0.15, -0.1) is 5.10 Å². The van der Waals surface area contributed by atoms with E-state index in [1.807, 2.05) is 50.9 Å². The van der Waals surface area contributed by atoms with Crippen LogP contribution in [0.5, 0.6) is 0 Å². The predicted octanol–water partition coefficient (Wildman–Crippen LogP) is 0.188. The fraction of sp³-hybridized carbons (Fsp3) is 0.481. The molecule has 3 aromatic rings. The fourth-order valence-electron chi connectivity index (χ4n) is 5.19. The van der Waals surface area contributed by atoms with Gasteiger partial charge < -0.3 is 10.2 Å². The van der Waals surface area contributed by atoms with Gasteiger partial charge in [-0.25, -0.2) is 9.67 Å². The van der Waals surface area contributed by atoms with E-state index in [1.54, 1.807) is 6.20 Å². The molecule has 212 valence electrons. The van der Waals surface area contributed by atoms with Crippen molar-refractivity contribution in [2.75, 3.05) is 65.4 Å². The molecule has 13 nitrogen and oxygen atoms in total. The first-order chi connectivity index (χ1) is 19.4. The predicted molar refractivity (Wildman–Crippen MR) is 145 cm³/mol. The topological polar surface area (TPSA) is 144 Å². The van der Waals surface area contributed by atoms with Crippen molar-refractivity contribution in [3.8, 4) is 11.4 Å². The molecule has 0 radical (unpaired) electrons. The van der Waals surface area contributed by atoms with Crippen LogP contribution in [0.2, 0.25) is 0 Å². The van der Waals surface area contributed by atoms with Crippen LogP contribution in [0.25, 0.3) is 11.4 Å². The molecule has 3 aromatic heterocycles. The highest BCUT2D eigenvalue weighted by atomic mass is 16.4. The lowest BCUT2D eigenvalue weighted by Crippen LogP contribution is -2.47. The Morgan fingerprint density at radius 3 is 1.73 bits per heavy atom. The number of carboxylic acid groups (broad SMARTS) is 2. The first kappa shape index (κ1) is 27.8. The van der Waals surface area contributed by atoms with E-state index in [-0.39, 0.29) is 13.1 Å². The molecule has 1 saturated heterocycles. The largest absolute Gasteiger partial charge is 0.480 e. The summed E-state index contributed by atoms with van der Waals surface area (Å²) in [7, 11) is 0. The number of carboxylic acids is 2. The summed E-state index contributed by atoms with van der Waals surface area (Å²) in [6.45, 7) is 6.31. The molecule has 6 bridgehead atoms. The summed E-state index contributed by atoms with van der Waals surface area (Å²) in [5.41, 5.74) is 4.14. The average molecular weight is 550 g/mol. The average Bonchev–Trinajstić information content (AvgIpc) is 3.37. The summed E-state index contributed by atoms with van der Waals surface area (Å²) in [5.74, 6) is -1.71. The Kier molecular flexibility index (Phi) is 9.06. The number of carbonyl (C=O) groups is 2. The summed E-state index contributed by atoms with van der Waals surface area (Å²) < 4.78 is 1.81. The van der Waals surface area contributed by atoms with Gasteiger partial charge in [-0.2, -0.15) is 0 Å². The number of hydrogen-bond acceptors (Lipinski definition) is 10. The van der Waals surface area contributed by atoms with E-state index in [0.29, 0.717) is 72.0 Å². The van der Waals surface area contributed by atoms with Gasteiger partial charge in [-0.05, 0) is 24.3 Å². The fourth-order valence-corrected chi connectivity index (χ4v) is 5.19. The second-order valence-electron chi connectivity index (χ2n) is 10.3. The second kappa shape index (κ2) is 13.0. The normalized spacial score (nSPS) is 21.3. The van der Waals surface area contributed by atoms with Gasteiger partial charge in [0.15, 0.2) is 0 Å². The molecule has 2 N–H and O–H groups in total. The van der Waals surface area contributed by atoms with Gasteiger partial charge in [0.05, 0.1) is 48.6 Å². The maximum absolute atomic E-state index is 11.7. The summed E-state index contributed by atoms with van der Waals surface area (Å²) in [4.78, 5) is 41.5. The van der Waals surface area contributed by atoms with Crippen molar-refractivity contribution >= 4 is 11.9 Å². The number of rotatable bonds is 4. The lowest BCUT2D eigenvalue weighted by Gasteiger charge is -2.33. The highest BCUT2D eigenvalue weighted by Crippen LogP contribution is 2.18. The van der Waals surface area contributed by atoms with E-state index in [2.05, 4.69) is 20.1 Å². The lowest BCUT2D eigenvalue weighted by molar-refractivity contribution is -0.139. The molecule has 0 spiro atoms. The maximum atomic E-state index is 11.7. The highest BCUT2D eigenvalue weighted by molar-refractivity contribution is 5.69. The lowest BCUT2D eigenvalue weighted by atomic mass is 10.2. The number of nitrogens with zero attached hydrogens (tertiary/aromatic N) is 9. The molecule has 0 amide bonds. The molecule has 0 saturated carbocycles. The number of aliphatic carboxylic acids is 2. The van der Waals surface area contributed by atoms with Gasteiger partial charge in [0.1, 0.15) is 5.69 Å². The number of hydrogen-bond donors (Lipinski definition) is 2. The van der Waals surface area contributed by atoms with Crippen LogP contribution < -0.4 is 0 Å². The molecule has 0 aromatic carbocycles. The van der Waals surface area contributed by atoms with Crippen LogP contribution in [-0.4, -0.2) is 132 Å². The minimum atomic E-state index is -0.853. The zero-order chi connectivity index (χ0) is 27.9. The third-order valence-electron chi connectivity index (χ3n) is 7.28. The van der Waals surface area contributed by atoms with E-state index in [4.69, 9.17) is 9.97 Å². The Balaban J connectivity index is 1.54. The smallest absolute Gasteiger partial charge is 0.317 e. The highest BCUT2D eigenvalue weighted by Gasteiger charge is 2.21. The Bertz CT molecular complexity index is 1280. The first-order valence-electron chi connectivity index (χ1n) is 13.5. The zero-order valence-electron chi connectivity index (χ0n) is 22.5. The van der Waals surface area contributed by atoms with Crippen LogP contribution in [0.1, 0.15) is 17.1 Å². The SMILES string of the molecule is O=C(O)CN1CCN2CCN(CC(=O)O)CCN(CC1)Cc1cccc(n1)-c1cnnn1Cc1cccc(n1)C2. The van der Waals surface area contributed by atoms with Gasteiger partial charge in [0, 0.05) is 65.4 Å². The second-order valence-corrected chi connectivity index (χ2v) is 10.3. The molecule has 6 rings (SSSR count). The summed E-state index contributed by atoms with van der Waals surface area (Å²) in [6, 6.07) is 11.8. The van der Waals surface area contributed by atoms with Crippen LogP contribution in [0, 0.1) is 0 Å². The van der Waals surface area contributed by atoms with Crippen molar-refractivity contribution in [1.82, 2.24) is 44.6 Å². The van der Waals surface area contributed by atoms with Crippen LogP contribution in [0.3, 0.4) is 0 Å². The molecule has 6 heterocycles. The van der Waals surface area contributed by atoms with Crippen LogP contribution >= 0.6 is 0 Å². The molecule has 0 unspecified atom stereocenters. The van der Waals surface area contributed by atoms with E-state index < -0.39 is 11.9 Å². The number of aromatic nitrogens is 5. The quantitative estimate of drug-likeness (QED) is 0.458. The minimum absolute atomic E-state index is 0.0364. The number of fused-ring (bicyclic) bond motifs is 8. The Morgan fingerprint density at radius 2 is 1.18 bits per heavy atom. The van der Waals surface area contributed by atoms with Gasteiger partial charge in [-0.1, -0.05) is 17.3 Å². The van der Waals surface area contributed by atoms with Gasteiger partial charge in [0.2, 0.25) is 0 Å². The summed E-state index contributed by atoms with van der Waals surface area (Å²) in [6.07, 6.45) is 1.71. The molecule has 3 aliphatic rings. The van der Waals surface area contributed by atoms with Gasteiger partial charge >= 0.3 is 11.9 Å². The third kappa shape index (κ3) is 7.66. The molecular weight excluding hydrogens is 514 g/mol. The van der Waals surface area contributed by atoms with Crippen LogP contribution in [-0.2, 0) is 29.2 Å². The maximum Gasteiger partial charge on any atom is 0.317 e. The monoisotopic (exact) mass is 549 g/mol. The zero-order valence-corrected chi connectivity index (χ0v) is 22.5. The van der Waals surface area contributed by atoms with Crippen LogP contribution in [0.15, 0.2) is 42.6 Å². The standard InChI is InChI=1S/C27H35N9O4/c37-26(38)19-34-11-7-32-8-12-35(20-27(39)40)14-10-33(9-13-34)17-22-5-2-6-24(30-22)25-15-28-31-36(25)18-23-4-1-3-21(16-32)29-23/h1-6,15H,7-14,16-20H2,(H,37,38)(H,39,40). The van der Waals surface area contributed by atoms with Crippen molar-refractivity contribution in [2.24, 2.45) is 0 Å². The number of pyridine rings is 2. The van der Waals surface area contributed by atoms with E-state index in [9.17, 15) is 19.8 Å². The van der Waals surface area contributed by atoms with Gasteiger partial charge in [0.25, 0.3) is 0 Å². The molecule has 3 aliphatic heterocycles. The van der Waals surface area contributed by atoms with Crippen molar-refractivity contribution in [2.45, 2.75) is 19.6 Å². The molecule has 13 heteroatoms. The van der Waals surface area contributed by atoms with E-state index in [0.717, 1.165) is 28.5 Å². The van der Waals surface area contributed by atoms with Crippen molar-refractivity contribution in [3.05, 3.63) is 59.7 Å². The van der Waals surface area contributed by atoms with E-state index >= 15 is 0 Å². The molecule has 0 aliphatic carbocycles. The Hall–Kier alpha value is -3.78. The Morgan fingerprint density at radius 1 is 0.675 bits per heavy atom. The van der Waals surface area contributed by atoms with Crippen LogP contribution in [0.4, 0.5) is 0 Å². The van der Waals surface area contributed by atoms with E-state index in [1.165, 1.54) is 0 Å². The molecular formula is C27H35N9O4. The summed E-state index contributed by atoms with van der Waals surface area (Å²) >= 11 is 0.